The Hall–Kier alpha value is 0.550. The van der Waals surface area contributed by atoms with Crippen molar-refractivity contribution in [2.45, 2.75) is 0 Å². The Labute approximate surface area is 84.9 Å². The first-order valence-electron chi connectivity index (χ1n) is 2.36. The van der Waals surface area contributed by atoms with Crippen molar-refractivity contribution in [3.63, 3.8) is 0 Å². The number of hydrogen-bond donors (Lipinski definition) is 1. The molecule has 0 aliphatic heterocycles. The number of hydrogen-bond acceptors (Lipinski definition) is 2. The topological polar surface area (TPSA) is 26.0 Å². The van der Waals surface area contributed by atoms with E-state index in [-0.39, 0.29) is 0 Å². The molecule has 0 aromatic carbocycles. The van der Waals surface area contributed by atoms with Gasteiger partial charge < -0.3 is 5.73 Å². The Bertz CT molecular complexity index is 249. The van der Waals surface area contributed by atoms with Gasteiger partial charge in [-0.1, -0.05) is 12.2 Å². The summed E-state index contributed by atoms with van der Waals surface area (Å²) in [5.41, 5.74) is 5.40. The molecule has 0 atom stereocenters. The van der Waals surface area contributed by atoms with Crippen LogP contribution in [0.4, 0.5) is 0 Å². The van der Waals surface area contributed by atoms with E-state index in [0.717, 1.165) is 13.1 Å². The molecule has 0 fully saturated rings. The van der Waals surface area contributed by atoms with E-state index in [1.54, 1.807) is 0 Å². The maximum Gasteiger partial charge on any atom is 0.114 e. The minimum atomic E-state index is 0.441. The van der Waals surface area contributed by atoms with Crippen molar-refractivity contribution in [3.8, 4) is 0 Å². The van der Waals surface area contributed by atoms with Gasteiger partial charge in [-0.25, -0.2) is 0 Å². The standard InChI is InChI=1S/C5H3Br2NS2/c6-2-1-3(5(8)9)10-4(2)7/h1H,(H2,8,9). The van der Waals surface area contributed by atoms with Crippen LogP contribution in [0, 0.1) is 0 Å². The van der Waals surface area contributed by atoms with E-state index >= 15 is 0 Å². The van der Waals surface area contributed by atoms with Crippen LogP contribution in [0.1, 0.15) is 4.88 Å². The summed E-state index contributed by atoms with van der Waals surface area (Å²) in [5.74, 6) is 0. The Kier molecular flexibility index (Phi) is 2.85. The van der Waals surface area contributed by atoms with Gasteiger partial charge in [0.05, 0.1) is 8.66 Å². The Morgan fingerprint density at radius 2 is 2.20 bits per heavy atom. The SMILES string of the molecule is NC(=S)c1cc(Br)c(Br)s1. The highest BCUT2D eigenvalue weighted by atomic mass is 79.9. The monoisotopic (exact) mass is 299 g/mol. The fourth-order valence-electron chi connectivity index (χ4n) is 0.468. The smallest absolute Gasteiger partial charge is 0.114 e. The molecule has 1 nitrogen and oxygen atoms in total. The third-order valence-corrected chi connectivity index (χ3v) is 4.53. The molecule has 1 aromatic rings. The van der Waals surface area contributed by atoms with E-state index in [1.165, 1.54) is 11.3 Å². The summed E-state index contributed by atoms with van der Waals surface area (Å²) in [6, 6.07) is 1.90. The van der Waals surface area contributed by atoms with Crippen molar-refractivity contribution in [3.05, 3.63) is 19.2 Å². The number of thiocarbonyl (C=S) groups is 1. The van der Waals surface area contributed by atoms with E-state index in [0.29, 0.717) is 4.99 Å². The second-order valence-electron chi connectivity index (χ2n) is 1.60. The van der Waals surface area contributed by atoms with Gasteiger partial charge >= 0.3 is 0 Å². The largest absolute Gasteiger partial charge is 0.389 e. The summed E-state index contributed by atoms with van der Waals surface area (Å²) in [5, 5.41) is 0. The summed E-state index contributed by atoms with van der Waals surface area (Å²) in [6.45, 7) is 0. The van der Waals surface area contributed by atoms with Crippen molar-refractivity contribution >= 4 is 60.4 Å². The van der Waals surface area contributed by atoms with Gasteiger partial charge in [0, 0.05) is 4.47 Å². The summed E-state index contributed by atoms with van der Waals surface area (Å²) >= 11 is 13.0. The number of halogens is 2. The number of nitrogens with two attached hydrogens (primary N) is 1. The maximum atomic E-state index is 5.40. The molecule has 0 bridgehead atoms. The maximum absolute atomic E-state index is 5.40. The molecule has 2 N–H and O–H groups in total. The van der Waals surface area contributed by atoms with Crippen LogP contribution in [0.2, 0.25) is 0 Å². The number of thiophene rings is 1. The molecule has 0 saturated heterocycles. The van der Waals surface area contributed by atoms with Gasteiger partial charge in [0.25, 0.3) is 0 Å². The third-order valence-electron chi connectivity index (χ3n) is 0.888. The van der Waals surface area contributed by atoms with Crippen molar-refractivity contribution in [1.29, 1.82) is 0 Å². The Morgan fingerprint density at radius 3 is 2.40 bits per heavy atom. The number of rotatable bonds is 1. The van der Waals surface area contributed by atoms with Crippen LogP contribution < -0.4 is 5.73 Å². The van der Waals surface area contributed by atoms with Gasteiger partial charge in [-0.15, -0.1) is 11.3 Å². The van der Waals surface area contributed by atoms with Crippen LogP contribution in [0.25, 0.3) is 0 Å². The highest BCUT2D eigenvalue weighted by Gasteiger charge is 2.04. The molecular formula is C5H3Br2NS2. The molecule has 0 radical (unpaired) electrons. The van der Waals surface area contributed by atoms with Crippen LogP contribution >= 0.6 is 55.4 Å². The van der Waals surface area contributed by atoms with E-state index in [9.17, 15) is 0 Å². The zero-order valence-corrected chi connectivity index (χ0v) is 9.53. The molecule has 0 spiro atoms. The van der Waals surface area contributed by atoms with Crippen LogP contribution in [0.15, 0.2) is 14.3 Å². The van der Waals surface area contributed by atoms with Gasteiger partial charge in [-0.2, -0.15) is 0 Å². The molecule has 0 saturated carbocycles. The second-order valence-corrected chi connectivity index (χ2v) is 5.26. The van der Waals surface area contributed by atoms with Crippen LogP contribution in [0.5, 0.6) is 0 Å². The lowest BCUT2D eigenvalue weighted by atomic mass is 10.5. The molecule has 0 aliphatic rings. The fourth-order valence-corrected chi connectivity index (χ4v) is 2.54. The molecule has 1 rings (SSSR count). The summed E-state index contributed by atoms with van der Waals surface area (Å²) < 4.78 is 2.02. The normalized spacial score (nSPS) is 9.80. The molecule has 0 aliphatic carbocycles. The lowest BCUT2D eigenvalue weighted by Gasteiger charge is -1.85. The average Bonchev–Trinajstić information content (AvgIpc) is 2.13. The highest BCUT2D eigenvalue weighted by Crippen LogP contribution is 2.32. The van der Waals surface area contributed by atoms with E-state index in [2.05, 4.69) is 31.9 Å². The Morgan fingerprint density at radius 1 is 1.60 bits per heavy atom. The van der Waals surface area contributed by atoms with Crippen molar-refractivity contribution in [2.24, 2.45) is 5.73 Å². The summed E-state index contributed by atoms with van der Waals surface area (Å²) in [6.07, 6.45) is 0. The van der Waals surface area contributed by atoms with Crippen molar-refractivity contribution in [2.75, 3.05) is 0 Å². The molecule has 5 heteroatoms. The van der Waals surface area contributed by atoms with Gasteiger partial charge in [0.1, 0.15) is 4.99 Å². The third kappa shape index (κ3) is 1.78. The zero-order chi connectivity index (χ0) is 7.72. The molecule has 1 aromatic heterocycles. The zero-order valence-electron chi connectivity index (χ0n) is 4.73. The molecule has 0 amide bonds. The van der Waals surface area contributed by atoms with Crippen molar-refractivity contribution in [1.82, 2.24) is 0 Å². The molecule has 10 heavy (non-hydrogen) atoms. The highest BCUT2D eigenvalue weighted by molar-refractivity contribution is 9.13. The molecular weight excluding hydrogens is 298 g/mol. The predicted octanol–water partition coefficient (Wildman–Crippen LogP) is 2.91. The summed E-state index contributed by atoms with van der Waals surface area (Å²) in [7, 11) is 0. The van der Waals surface area contributed by atoms with Gasteiger partial charge in [-0.05, 0) is 37.9 Å². The van der Waals surface area contributed by atoms with Crippen LogP contribution in [-0.4, -0.2) is 4.99 Å². The van der Waals surface area contributed by atoms with Gasteiger partial charge in [-0.3, -0.25) is 0 Å². The van der Waals surface area contributed by atoms with E-state index < -0.39 is 0 Å². The fraction of sp³-hybridized carbons (Fsp3) is 0. The first kappa shape index (κ1) is 8.64. The lowest BCUT2D eigenvalue weighted by Crippen LogP contribution is -2.06. The van der Waals surface area contributed by atoms with E-state index in [4.69, 9.17) is 18.0 Å². The molecule has 0 unspecified atom stereocenters. The van der Waals surface area contributed by atoms with Gasteiger partial charge in [0.2, 0.25) is 0 Å². The molecule has 1 heterocycles. The predicted molar refractivity (Wildman–Crippen MR) is 55.6 cm³/mol. The quantitative estimate of drug-likeness (QED) is 0.807. The molecule has 54 valence electrons. The summed E-state index contributed by atoms with van der Waals surface area (Å²) in [4.78, 5) is 1.37. The van der Waals surface area contributed by atoms with Gasteiger partial charge in [0.15, 0.2) is 0 Å². The van der Waals surface area contributed by atoms with E-state index in [1.807, 2.05) is 6.07 Å². The minimum absolute atomic E-state index is 0.441. The first-order chi connectivity index (χ1) is 4.61. The minimum Gasteiger partial charge on any atom is -0.389 e. The lowest BCUT2D eigenvalue weighted by molar-refractivity contribution is 1.75. The first-order valence-corrected chi connectivity index (χ1v) is 5.17. The second kappa shape index (κ2) is 3.30. The van der Waals surface area contributed by atoms with Crippen LogP contribution in [-0.2, 0) is 0 Å². The van der Waals surface area contributed by atoms with Crippen LogP contribution in [0.3, 0.4) is 0 Å². The Balaban J connectivity index is 3.10. The average molecular weight is 301 g/mol. The van der Waals surface area contributed by atoms with Crippen molar-refractivity contribution < 1.29 is 0 Å².